The fraction of sp³-hybridized carbons (Fsp3) is 0.417. The van der Waals surface area contributed by atoms with Crippen LogP contribution in [0.5, 0.6) is 5.75 Å². The average molecular weight is 292 g/mol. The van der Waals surface area contributed by atoms with E-state index in [9.17, 15) is 4.79 Å². The number of carbonyl (C=O) groups excluding carboxylic acids is 1. The van der Waals surface area contributed by atoms with E-state index in [2.05, 4.69) is 4.74 Å². The highest BCUT2D eigenvalue weighted by Crippen LogP contribution is 2.24. The Bertz CT molecular complexity index is 406. The second-order valence-electron chi connectivity index (χ2n) is 3.76. The third-order valence-electron chi connectivity index (χ3n) is 2.44. The SMILES string of the molecule is COC(=O)N1CCCC1.Oc1ccc(Cl)c(Cl)c1. The van der Waals surface area contributed by atoms with Crippen LogP contribution in [0.2, 0.25) is 10.0 Å². The summed E-state index contributed by atoms with van der Waals surface area (Å²) in [4.78, 5) is 12.4. The zero-order valence-corrected chi connectivity index (χ0v) is 11.5. The number of hydrogen-bond acceptors (Lipinski definition) is 3. The van der Waals surface area contributed by atoms with Gasteiger partial charge in [0, 0.05) is 13.1 Å². The van der Waals surface area contributed by atoms with Crippen LogP contribution >= 0.6 is 23.2 Å². The number of phenolic OH excluding ortho intramolecular Hbond substituents is 1. The average Bonchev–Trinajstić information content (AvgIpc) is 2.88. The predicted octanol–water partition coefficient (Wildman–Crippen LogP) is 3.55. The number of methoxy groups -OCH3 is 1. The fourth-order valence-electron chi connectivity index (χ4n) is 1.51. The third kappa shape index (κ3) is 4.63. The molecule has 6 heteroatoms. The Kier molecular flexibility index (Phi) is 6.09. The number of carbonyl (C=O) groups is 1. The number of ether oxygens (including phenoxy) is 1. The summed E-state index contributed by atoms with van der Waals surface area (Å²) in [7, 11) is 1.42. The van der Waals surface area contributed by atoms with Gasteiger partial charge in [0.2, 0.25) is 0 Å². The molecular weight excluding hydrogens is 277 g/mol. The highest BCUT2D eigenvalue weighted by molar-refractivity contribution is 6.42. The van der Waals surface area contributed by atoms with Crippen LogP contribution in [0.3, 0.4) is 0 Å². The van der Waals surface area contributed by atoms with E-state index >= 15 is 0 Å². The molecule has 1 aliphatic rings. The van der Waals surface area contributed by atoms with Gasteiger partial charge in [-0.05, 0) is 31.0 Å². The molecule has 1 aliphatic heterocycles. The summed E-state index contributed by atoms with van der Waals surface area (Å²) in [5, 5.41) is 9.62. The van der Waals surface area contributed by atoms with E-state index in [1.807, 2.05) is 0 Å². The molecule has 18 heavy (non-hydrogen) atoms. The van der Waals surface area contributed by atoms with Crippen molar-refractivity contribution in [3.63, 3.8) is 0 Å². The molecule has 1 fully saturated rings. The van der Waals surface area contributed by atoms with Crippen molar-refractivity contribution in [3.8, 4) is 5.75 Å². The molecule has 1 N–H and O–H groups in total. The van der Waals surface area contributed by atoms with Crippen molar-refractivity contribution in [1.29, 1.82) is 0 Å². The number of aromatic hydroxyl groups is 1. The van der Waals surface area contributed by atoms with Crippen LogP contribution in [-0.4, -0.2) is 36.3 Å². The minimum absolute atomic E-state index is 0.129. The summed E-state index contributed by atoms with van der Waals surface area (Å²) in [6.07, 6.45) is 2.05. The van der Waals surface area contributed by atoms with Crippen molar-refractivity contribution in [3.05, 3.63) is 28.2 Å². The topological polar surface area (TPSA) is 49.8 Å². The van der Waals surface area contributed by atoms with Gasteiger partial charge in [0.15, 0.2) is 0 Å². The van der Waals surface area contributed by atoms with Gasteiger partial charge in [0.1, 0.15) is 5.75 Å². The number of likely N-dealkylation sites (tertiary alicyclic amines) is 1. The van der Waals surface area contributed by atoms with Gasteiger partial charge in [-0.2, -0.15) is 0 Å². The number of rotatable bonds is 0. The van der Waals surface area contributed by atoms with E-state index in [1.165, 1.54) is 19.2 Å². The minimum atomic E-state index is -0.187. The van der Waals surface area contributed by atoms with Crippen LogP contribution in [0.1, 0.15) is 12.8 Å². The number of benzene rings is 1. The maximum absolute atomic E-state index is 10.7. The molecule has 4 nitrogen and oxygen atoms in total. The number of hydrogen-bond donors (Lipinski definition) is 1. The Morgan fingerprint density at radius 2 is 1.89 bits per heavy atom. The van der Waals surface area contributed by atoms with E-state index in [0.29, 0.717) is 10.0 Å². The second kappa shape index (κ2) is 7.34. The van der Waals surface area contributed by atoms with Crippen molar-refractivity contribution in [2.45, 2.75) is 12.8 Å². The first-order chi connectivity index (χ1) is 8.54. The lowest BCUT2D eigenvalue weighted by molar-refractivity contribution is 0.133. The Morgan fingerprint density at radius 1 is 1.28 bits per heavy atom. The number of halogens is 2. The molecule has 1 amide bonds. The van der Waals surface area contributed by atoms with E-state index in [-0.39, 0.29) is 11.8 Å². The van der Waals surface area contributed by atoms with E-state index in [4.69, 9.17) is 28.3 Å². The molecule has 0 bridgehead atoms. The van der Waals surface area contributed by atoms with Gasteiger partial charge in [-0.25, -0.2) is 4.79 Å². The van der Waals surface area contributed by atoms with Gasteiger partial charge in [-0.3, -0.25) is 0 Å². The molecule has 1 heterocycles. The molecule has 0 aromatic heterocycles. The molecule has 0 radical (unpaired) electrons. The van der Waals surface area contributed by atoms with Gasteiger partial charge >= 0.3 is 6.09 Å². The van der Waals surface area contributed by atoms with Crippen molar-refractivity contribution >= 4 is 29.3 Å². The summed E-state index contributed by atoms with van der Waals surface area (Å²) < 4.78 is 4.52. The normalized spacial score (nSPS) is 13.8. The number of amides is 1. The highest BCUT2D eigenvalue weighted by Gasteiger charge is 2.17. The zero-order chi connectivity index (χ0) is 13.5. The maximum atomic E-state index is 10.7. The Labute approximate surface area is 116 Å². The molecule has 0 spiro atoms. The van der Waals surface area contributed by atoms with Crippen molar-refractivity contribution in [2.75, 3.05) is 20.2 Å². The zero-order valence-electron chi connectivity index (χ0n) is 10.0. The molecule has 100 valence electrons. The first-order valence-electron chi connectivity index (χ1n) is 5.51. The van der Waals surface area contributed by atoms with Gasteiger partial charge < -0.3 is 14.7 Å². The molecule has 1 aromatic rings. The first kappa shape index (κ1) is 14.9. The largest absolute Gasteiger partial charge is 0.508 e. The molecule has 1 aromatic carbocycles. The van der Waals surface area contributed by atoms with Gasteiger partial charge in [-0.1, -0.05) is 23.2 Å². The third-order valence-corrected chi connectivity index (χ3v) is 3.18. The standard InChI is InChI=1S/C6H4Cl2O.C6H11NO2/c7-5-2-1-4(9)3-6(5)8;1-9-6(8)7-4-2-3-5-7/h1-3,9H;2-5H2,1H3. The fourth-order valence-corrected chi connectivity index (χ4v) is 1.81. The summed E-state index contributed by atoms with van der Waals surface area (Å²) in [6, 6.07) is 4.41. The van der Waals surface area contributed by atoms with Crippen LogP contribution in [-0.2, 0) is 4.74 Å². The monoisotopic (exact) mass is 291 g/mol. The quantitative estimate of drug-likeness (QED) is 0.795. The van der Waals surface area contributed by atoms with Crippen LogP contribution < -0.4 is 0 Å². The lowest BCUT2D eigenvalue weighted by Gasteiger charge is -2.11. The Morgan fingerprint density at radius 3 is 2.33 bits per heavy atom. The number of phenols is 1. The first-order valence-corrected chi connectivity index (χ1v) is 6.27. The van der Waals surface area contributed by atoms with Crippen LogP contribution in [0, 0.1) is 0 Å². The predicted molar refractivity (Wildman–Crippen MR) is 71.3 cm³/mol. The van der Waals surface area contributed by atoms with Crippen molar-refractivity contribution < 1.29 is 14.6 Å². The van der Waals surface area contributed by atoms with Crippen LogP contribution in [0.4, 0.5) is 4.79 Å². The summed E-state index contributed by atoms with van der Waals surface area (Å²) in [5.41, 5.74) is 0. The molecule has 0 saturated carbocycles. The molecule has 0 aliphatic carbocycles. The number of nitrogens with zero attached hydrogens (tertiary/aromatic N) is 1. The van der Waals surface area contributed by atoms with Crippen LogP contribution in [0.25, 0.3) is 0 Å². The highest BCUT2D eigenvalue weighted by atomic mass is 35.5. The molecule has 2 rings (SSSR count). The lowest BCUT2D eigenvalue weighted by atomic mass is 10.3. The molecule has 0 atom stereocenters. The van der Waals surface area contributed by atoms with E-state index in [0.717, 1.165) is 25.9 Å². The van der Waals surface area contributed by atoms with Gasteiger partial charge in [0.05, 0.1) is 17.2 Å². The Balaban J connectivity index is 0.000000180. The smallest absolute Gasteiger partial charge is 0.409 e. The van der Waals surface area contributed by atoms with Gasteiger partial charge in [-0.15, -0.1) is 0 Å². The summed E-state index contributed by atoms with van der Waals surface area (Å²) in [5.74, 6) is 0.129. The van der Waals surface area contributed by atoms with Gasteiger partial charge in [0.25, 0.3) is 0 Å². The lowest BCUT2D eigenvalue weighted by Crippen LogP contribution is -2.27. The minimum Gasteiger partial charge on any atom is -0.508 e. The summed E-state index contributed by atoms with van der Waals surface area (Å²) >= 11 is 11.1. The summed E-state index contributed by atoms with van der Waals surface area (Å²) in [6.45, 7) is 1.74. The molecular formula is C12H15Cl2NO3. The van der Waals surface area contributed by atoms with Crippen LogP contribution in [0.15, 0.2) is 18.2 Å². The van der Waals surface area contributed by atoms with E-state index in [1.54, 1.807) is 11.0 Å². The molecule has 1 saturated heterocycles. The molecule has 0 unspecified atom stereocenters. The second-order valence-corrected chi connectivity index (χ2v) is 4.58. The van der Waals surface area contributed by atoms with Crippen molar-refractivity contribution in [2.24, 2.45) is 0 Å². The van der Waals surface area contributed by atoms with Crippen molar-refractivity contribution in [1.82, 2.24) is 4.90 Å². The maximum Gasteiger partial charge on any atom is 0.409 e. The van der Waals surface area contributed by atoms with E-state index < -0.39 is 0 Å². The Hall–Kier alpha value is -1.13.